The molecule has 1 heteroatoms. The molecule has 0 rings (SSSR count). The Labute approximate surface area is 84.3 Å². The van der Waals surface area contributed by atoms with Crippen LogP contribution in [0, 0.1) is 11.8 Å². The van der Waals surface area contributed by atoms with Crippen LogP contribution in [0.4, 0.5) is 0 Å². The third kappa shape index (κ3) is 5.30. The van der Waals surface area contributed by atoms with E-state index < -0.39 is 0 Å². The molecular weight excluding hydrogens is 158 g/mol. The van der Waals surface area contributed by atoms with E-state index in [9.17, 15) is 0 Å². The number of rotatable bonds is 7. The molecule has 0 aromatic carbocycles. The van der Waals surface area contributed by atoms with E-state index in [0.717, 1.165) is 17.9 Å². The van der Waals surface area contributed by atoms with Gasteiger partial charge in [0.15, 0.2) is 0 Å². The van der Waals surface area contributed by atoms with Crippen molar-refractivity contribution in [3.05, 3.63) is 0 Å². The SMILES string of the molecule is CCCNC(CCC)C(C)C(C)C. The number of hydrogen-bond donors (Lipinski definition) is 1. The predicted octanol–water partition coefficient (Wildman–Crippen LogP) is 3.45. The van der Waals surface area contributed by atoms with Gasteiger partial charge in [-0.2, -0.15) is 0 Å². The largest absolute Gasteiger partial charge is 0.314 e. The van der Waals surface area contributed by atoms with Gasteiger partial charge in [0.2, 0.25) is 0 Å². The van der Waals surface area contributed by atoms with Crippen molar-refractivity contribution < 1.29 is 0 Å². The highest BCUT2D eigenvalue weighted by Gasteiger charge is 2.18. The molecule has 0 saturated heterocycles. The summed E-state index contributed by atoms with van der Waals surface area (Å²) in [6.07, 6.45) is 3.85. The van der Waals surface area contributed by atoms with Crippen molar-refractivity contribution in [2.24, 2.45) is 11.8 Å². The van der Waals surface area contributed by atoms with Crippen molar-refractivity contribution in [1.29, 1.82) is 0 Å². The van der Waals surface area contributed by atoms with Crippen LogP contribution in [0.3, 0.4) is 0 Å². The summed E-state index contributed by atoms with van der Waals surface area (Å²) in [5, 5.41) is 3.65. The first-order valence-electron chi connectivity index (χ1n) is 5.86. The second-order valence-electron chi connectivity index (χ2n) is 4.45. The summed E-state index contributed by atoms with van der Waals surface area (Å²) in [6.45, 7) is 12.7. The lowest BCUT2D eigenvalue weighted by molar-refractivity contribution is 0.284. The van der Waals surface area contributed by atoms with Crippen LogP contribution in [0.25, 0.3) is 0 Å². The lowest BCUT2D eigenvalue weighted by atomic mass is 9.88. The molecule has 0 saturated carbocycles. The Morgan fingerprint density at radius 1 is 1.00 bits per heavy atom. The Kier molecular flexibility index (Phi) is 7.35. The van der Waals surface area contributed by atoms with Gasteiger partial charge < -0.3 is 5.32 Å². The maximum Gasteiger partial charge on any atom is 0.00950 e. The normalized spacial score (nSPS) is 16.2. The van der Waals surface area contributed by atoms with E-state index in [1.807, 2.05) is 0 Å². The van der Waals surface area contributed by atoms with Crippen LogP contribution in [0.2, 0.25) is 0 Å². The minimum Gasteiger partial charge on any atom is -0.314 e. The summed E-state index contributed by atoms with van der Waals surface area (Å²) < 4.78 is 0. The highest BCUT2D eigenvalue weighted by atomic mass is 14.9. The zero-order valence-corrected chi connectivity index (χ0v) is 10.1. The first-order chi connectivity index (χ1) is 6.13. The maximum absolute atomic E-state index is 3.65. The van der Waals surface area contributed by atoms with Crippen LogP contribution in [0.1, 0.15) is 53.9 Å². The summed E-state index contributed by atoms with van der Waals surface area (Å²) in [4.78, 5) is 0. The van der Waals surface area contributed by atoms with Gasteiger partial charge >= 0.3 is 0 Å². The van der Waals surface area contributed by atoms with E-state index in [4.69, 9.17) is 0 Å². The van der Waals surface area contributed by atoms with Gasteiger partial charge in [-0.1, -0.05) is 41.0 Å². The second kappa shape index (κ2) is 7.37. The van der Waals surface area contributed by atoms with Gasteiger partial charge in [-0.05, 0) is 31.2 Å². The van der Waals surface area contributed by atoms with Crippen molar-refractivity contribution in [3.8, 4) is 0 Å². The second-order valence-corrected chi connectivity index (χ2v) is 4.45. The molecule has 1 N–H and O–H groups in total. The molecule has 0 radical (unpaired) electrons. The predicted molar refractivity (Wildman–Crippen MR) is 61.0 cm³/mol. The molecule has 0 aliphatic carbocycles. The van der Waals surface area contributed by atoms with Crippen LogP contribution in [0.5, 0.6) is 0 Å². The fourth-order valence-electron chi connectivity index (χ4n) is 1.66. The van der Waals surface area contributed by atoms with Gasteiger partial charge in [0, 0.05) is 6.04 Å². The fourth-order valence-corrected chi connectivity index (χ4v) is 1.66. The Bertz CT molecular complexity index is 110. The summed E-state index contributed by atoms with van der Waals surface area (Å²) >= 11 is 0. The highest BCUT2D eigenvalue weighted by molar-refractivity contribution is 4.74. The molecule has 0 bridgehead atoms. The van der Waals surface area contributed by atoms with E-state index >= 15 is 0 Å². The lowest BCUT2D eigenvalue weighted by Gasteiger charge is -2.27. The van der Waals surface area contributed by atoms with Crippen molar-refractivity contribution in [3.63, 3.8) is 0 Å². The van der Waals surface area contributed by atoms with Gasteiger partial charge in [0.1, 0.15) is 0 Å². The molecule has 0 spiro atoms. The van der Waals surface area contributed by atoms with Crippen LogP contribution in [-0.2, 0) is 0 Å². The van der Waals surface area contributed by atoms with Gasteiger partial charge in [-0.25, -0.2) is 0 Å². The van der Waals surface area contributed by atoms with Gasteiger partial charge in [0.05, 0.1) is 0 Å². The minimum atomic E-state index is 0.727. The van der Waals surface area contributed by atoms with E-state index in [2.05, 4.69) is 39.9 Å². The van der Waals surface area contributed by atoms with Crippen molar-refractivity contribution in [1.82, 2.24) is 5.32 Å². The Morgan fingerprint density at radius 2 is 1.62 bits per heavy atom. The summed E-state index contributed by atoms with van der Waals surface area (Å²) in [5.41, 5.74) is 0. The average molecular weight is 185 g/mol. The molecule has 0 aliphatic rings. The minimum absolute atomic E-state index is 0.727. The van der Waals surface area contributed by atoms with E-state index in [1.165, 1.54) is 25.8 Å². The molecule has 0 amide bonds. The summed E-state index contributed by atoms with van der Waals surface area (Å²) in [5.74, 6) is 1.59. The van der Waals surface area contributed by atoms with Crippen LogP contribution in [0.15, 0.2) is 0 Å². The lowest BCUT2D eigenvalue weighted by Crippen LogP contribution is -2.37. The average Bonchev–Trinajstić information content (AvgIpc) is 2.11. The first-order valence-corrected chi connectivity index (χ1v) is 5.86. The molecule has 1 nitrogen and oxygen atoms in total. The number of hydrogen-bond acceptors (Lipinski definition) is 1. The third-order valence-electron chi connectivity index (χ3n) is 2.94. The Morgan fingerprint density at radius 3 is 2.00 bits per heavy atom. The van der Waals surface area contributed by atoms with E-state index in [-0.39, 0.29) is 0 Å². The number of nitrogens with one attached hydrogen (secondary N) is 1. The Balaban J connectivity index is 3.90. The van der Waals surface area contributed by atoms with Crippen molar-refractivity contribution in [2.75, 3.05) is 6.54 Å². The zero-order chi connectivity index (χ0) is 10.3. The fraction of sp³-hybridized carbons (Fsp3) is 1.00. The molecule has 0 heterocycles. The standard InChI is InChI=1S/C12H27N/c1-6-8-12(13-9-7-2)11(5)10(3)4/h10-13H,6-9H2,1-5H3. The van der Waals surface area contributed by atoms with E-state index in [0.29, 0.717) is 0 Å². The van der Waals surface area contributed by atoms with Gasteiger partial charge in [0.25, 0.3) is 0 Å². The molecular formula is C12H27N. The van der Waals surface area contributed by atoms with Gasteiger partial charge in [-0.15, -0.1) is 0 Å². The quantitative estimate of drug-likeness (QED) is 0.640. The molecule has 0 aromatic heterocycles. The Hall–Kier alpha value is -0.0400. The van der Waals surface area contributed by atoms with E-state index in [1.54, 1.807) is 0 Å². The first kappa shape index (κ1) is 13.0. The molecule has 0 fully saturated rings. The van der Waals surface area contributed by atoms with Gasteiger partial charge in [-0.3, -0.25) is 0 Å². The highest BCUT2D eigenvalue weighted by Crippen LogP contribution is 2.17. The summed E-state index contributed by atoms with van der Waals surface area (Å²) in [7, 11) is 0. The smallest absolute Gasteiger partial charge is 0.00950 e. The molecule has 2 unspecified atom stereocenters. The molecule has 13 heavy (non-hydrogen) atoms. The topological polar surface area (TPSA) is 12.0 Å². The monoisotopic (exact) mass is 185 g/mol. The van der Waals surface area contributed by atoms with Crippen LogP contribution in [-0.4, -0.2) is 12.6 Å². The van der Waals surface area contributed by atoms with Crippen LogP contribution >= 0.6 is 0 Å². The summed E-state index contributed by atoms with van der Waals surface area (Å²) in [6, 6.07) is 0.727. The zero-order valence-electron chi connectivity index (χ0n) is 10.1. The van der Waals surface area contributed by atoms with Crippen molar-refractivity contribution >= 4 is 0 Å². The molecule has 0 aromatic rings. The van der Waals surface area contributed by atoms with Crippen molar-refractivity contribution in [2.45, 2.75) is 59.9 Å². The van der Waals surface area contributed by atoms with Crippen LogP contribution < -0.4 is 5.32 Å². The molecule has 2 atom stereocenters. The third-order valence-corrected chi connectivity index (χ3v) is 2.94. The maximum atomic E-state index is 3.65. The molecule has 0 aliphatic heterocycles. The molecule has 80 valence electrons.